The van der Waals surface area contributed by atoms with Crippen molar-refractivity contribution < 1.29 is 67.0 Å². The van der Waals surface area contributed by atoms with Crippen molar-refractivity contribution >= 4 is 7.82 Å². The van der Waals surface area contributed by atoms with Crippen LogP contribution in [0.1, 0.15) is 0 Å². The van der Waals surface area contributed by atoms with Crippen molar-refractivity contribution in [1.29, 1.82) is 0 Å². The van der Waals surface area contributed by atoms with E-state index in [1.165, 1.54) is 0 Å². The van der Waals surface area contributed by atoms with Gasteiger partial charge in [0.15, 0.2) is 0 Å². The quantitative estimate of drug-likeness (QED) is 0.187. The molecule has 0 aliphatic rings. The number of methoxy groups -OCH3 is 1. The van der Waals surface area contributed by atoms with Crippen LogP contribution in [0.4, 0.5) is 0 Å². The number of phosphoric ester groups is 1. The molecule has 0 heterocycles. The molecule has 0 aromatic rings. The molecule has 0 aliphatic heterocycles. The van der Waals surface area contributed by atoms with Gasteiger partial charge in [-0.2, -0.15) is 0 Å². The first-order valence-corrected chi connectivity index (χ1v) is 7.32. The first kappa shape index (κ1) is 23.2. The first-order valence-electron chi connectivity index (χ1n) is 5.86. The van der Waals surface area contributed by atoms with E-state index in [2.05, 4.69) is 9.05 Å². The van der Waals surface area contributed by atoms with E-state index in [0.29, 0.717) is 39.6 Å². The molecule has 0 spiro atoms. The van der Waals surface area contributed by atoms with E-state index in [1.807, 2.05) is 0 Å². The minimum Gasteiger partial charge on any atom is -0.756 e. The van der Waals surface area contributed by atoms with Crippen LogP contribution >= 0.6 is 7.82 Å². The Kier molecular flexibility index (Phi) is 19.0. The summed E-state index contributed by atoms with van der Waals surface area (Å²) in [6.07, 6.45) is 0. The summed E-state index contributed by atoms with van der Waals surface area (Å²) in [7, 11) is -1.49. The molecule has 0 fully saturated rings. The van der Waals surface area contributed by atoms with Gasteiger partial charge in [0.05, 0.1) is 52.9 Å². The fraction of sp³-hybridized carbons (Fsp3) is 1.00. The summed E-state index contributed by atoms with van der Waals surface area (Å²) in [5, 5.41) is 0. The van der Waals surface area contributed by atoms with Crippen molar-refractivity contribution in [1.82, 2.24) is 0 Å². The topological polar surface area (TPSA) is 95.5 Å². The molecule has 0 aromatic carbocycles. The minimum absolute atomic E-state index is 0. The van der Waals surface area contributed by atoms with Crippen LogP contribution in [0.25, 0.3) is 0 Å². The van der Waals surface area contributed by atoms with Gasteiger partial charge in [-0.1, -0.05) is 0 Å². The normalized spacial score (nSPS) is 13.8. The monoisotopic (exact) mass is 324 g/mol. The average molecular weight is 324 g/mol. The summed E-state index contributed by atoms with van der Waals surface area (Å²) in [5.74, 6) is 0. The van der Waals surface area contributed by atoms with E-state index in [-0.39, 0.29) is 42.8 Å². The van der Waals surface area contributed by atoms with E-state index in [9.17, 15) is 9.46 Å². The van der Waals surface area contributed by atoms with Crippen molar-refractivity contribution in [3.8, 4) is 0 Å². The van der Waals surface area contributed by atoms with Gasteiger partial charge >= 0.3 is 29.6 Å². The summed E-state index contributed by atoms with van der Waals surface area (Å²) in [6.45, 7) is 2.93. The third-order valence-electron chi connectivity index (χ3n) is 1.88. The van der Waals surface area contributed by atoms with Gasteiger partial charge in [-0.25, -0.2) is 0 Å². The zero-order chi connectivity index (χ0) is 14.4. The number of rotatable bonds is 14. The van der Waals surface area contributed by atoms with Crippen LogP contribution in [0.5, 0.6) is 0 Å². The van der Waals surface area contributed by atoms with Crippen molar-refractivity contribution in [2.24, 2.45) is 0 Å². The fourth-order valence-electron chi connectivity index (χ4n) is 0.945. The van der Waals surface area contributed by atoms with Gasteiger partial charge in [-0.3, -0.25) is 4.57 Å². The van der Waals surface area contributed by atoms with Crippen molar-refractivity contribution in [2.75, 3.05) is 67.1 Å². The molecule has 116 valence electrons. The third-order valence-corrected chi connectivity index (χ3v) is 2.82. The summed E-state index contributed by atoms with van der Waals surface area (Å²) in [6, 6.07) is 0. The largest absolute Gasteiger partial charge is 1.00 e. The molecular formula is C10H22NaO8P. The molecule has 0 radical (unpaired) electrons. The molecule has 0 amide bonds. The zero-order valence-corrected chi connectivity index (χ0v) is 15.3. The minimum atomic E-state index is -4.14. The van der Waals surface area contributed by atoms with E-state index in [0.717, 1.165) is 7.11 Å². The van der Waals surface area contributed by atoms with Gasteiger partial charge in [0.2, 0.25) is 0 Å². The Morgan fingerprint density at radius 3 is 1.60 bits per heavy atom. The second kappa shape index (κ2) is 16.3. The number of hydrogen-bond acceptors (Lipinski definition) is 8. The summed E-state index contributed by atoms with van der Waals surface area (Å²) >= 11 is 0. The van der Waals surface area contributed by atoms with Crippen LogP contribution in [0, 0.1) is 0 Å². The molecule has 0 aliphatic carbocycles. The average Bonchev–Trinajstić information content (AvgIpc) is 2.40. The molecule has 0 N–H and O–H groups in total. The SMILES string of the molecule is COCCOCCOCCOCCOP(=O)([O-])OC.[Na+]. The van der Waals surface area contributed by atoms with Crippen LogP contribution in [-0.2, 0) is 32.6 Å². The molecule has 8 nitrogen and oxygen atoms in total. The molecule has 1 unspecified atom stereocenters. The molecule has 0 saturated carbocycles. The van der Waals surface area contributed by atoms with E-state index in [4.69, 9.17) is 18.9 Å². The van der Waals surface area contributed by atoms with Gasteiger partial charge < -0.3 is 32.9 Å². The summed E-state index contributed by atoms with van der Waals surface area (Å²) in [4.78, 5) is 10.8. The van der Waals surface area contributed by atoms with Crippen LogP contribution in [0.2, 0.25) is 0 Å². The molecule has 20 heavy (non-hydrogen) atoms. The molecule has 0 aromatic heterocycles. The molecule has 1 atom stereocenters. The van der Waals surface area contributed by atoms with Crippen LogP contribution in [-0.4, -0.2) is 67.1 Å². The molecule has 0 saturated heterocycles. The number of ether oxygens (including phenoxy) is 4. The zero-order valence-electron chi connectivity index (χ0n) is 12.4. The van der Waals surface area contributed by atoms with Gasteiger partial charge in [0.25, 0.3) is 7.82 Å². The van der Waals surface area contributed by atoms with E-state index in [1.54, 1.807) is 7.11 Å². The Balaban J connectivity index is 0. The second-order valence-corrected chi connectivity index (χ2v) is 4.81. The smallest absolute Gasteiger partial charge is 0.756 e. The van der Waals surface area contributed by atoms with Crippen LogP contribution in [0.3, 0.4) is 0 Å². The Morgan fingerprint density at radius 1 is 0.800 bits per heavy atom. The van der Waals surface area contributed by atoms with Gasteiger partial charge in [-0.15, -0.1) is 0 Å². The maximum absolute atomic E-state index is 10.8. The Morgan fingerprint density at radius 2 is 1.20 bits per heavy atom. The predicted molar refractivity (Wildman–Crippen MR) is 64.9 cm³/mol. The fourth-order valence-corrected chi connectivity index (χ4v) is 1.35. The molecular weight excluding hydrogens is 302 g/mol. The standard InChI is InChI=1S/C10H23O8P.Na/c1-13-3-4-15-5-6-16-7-8-17-9-10-18-19(11,12)14-2;/h3-10H2,1-2H3,(H,11,12);/q;+1/p-1. The van der Waals surface area contributed by atoms with Gasteiger partial charge in [-0.05, 0) is 0 Å². The maximum Gasteiger partial charge on any atom is 1.00 e. The summed E-state index contributed by atoms with van der Waals surface area (Å²) in [5.41, 5.74) is 0. The van der Waals surface area contributed by atoms with Gasteiger partial charge in [0.1, 0.15) is 0 Å². The van der Waals surface area contributed by atoms with Crippen molar-refractivity contribution in [2.45, 2.75) is 0 Å². The maximum atomic E-state index is 10.8. The second-order valence-electron chi connectivity index (χ2n) is 3.29. The summed E-state index contributed by atoms with van der Waals surface area (Å²) < 4.78 is 39.6. The van der Waals surface area contributed by atoms with E-state index >= 15 is 0 Å². The molecule has 10 heteroatoms. The Hall–Kier alpha value is 0.950. The Labute approximate surface area is 141 Å². The van der Waals surface area contributed by atoms with Crippen molar-refractivity contribution in [3.63, 3.8) is 0 Å². The Bertz CT molecular complexity index is 243. The first-order chi connectivity index (χ1) is 9.12. The van der Waals surface area contributed by atoms with Gasteiger partial charge in [0, 0.05) is 14.2 Å². The van der Waals surface area contributed by atoms with E-state index < -0.39 is 7.82 Å². The molecule has 0 rings (SSSR count). The van der Waals surface area contributed by atoms with Crippen LogP contribution in [0.15, 0.2) is 0 Å². The number of hydrogen-bond donors (Lipinski definition) is 0. The number of phosphoric acid groups is 1. The molecule has 0 bridgehead atoms. The van der Waals surface area contributed by atoms with Crippen LogP contribution < -0.4 is 34.5 Å². The third kappa shape index (κ3) is 17.0. The van der Waals surface area contributed by atoms with Crippen molar-refractivity contribution in [3.05, 3.63) is 0 Å². The predicted octanol–water partition coefficient (Wildman–Crippen LogP) is -3.18.